The van der Waals surface area contributed by atoms with Crippen molar-refractivity contribution in [3.8, 4) is 0 Å². The first-order chi connectivity index (χ1) is 5.79. The number of hydrogen-bond donors (Lipinski definition) is 1. The Hall–Kier alpha value is -1.15. The molecule has 1 aliphatic carbocycles. The van der Waals surface area contributed by atoms with Crippen molar-refractivity contribution in [1.29, 1.82) is 0 Å². The SMILES string of the molecule is NCC1=Cc2ccc(F)cc2C1. The first-order valence-electron chi connectivity index (χ1n) is 3.97. The maximum atomic E-state index is 12.7. The van der Waals surface area contributed by atoms with Crippen molar-refractivity contribution in [1.82, 2.24) is 0 Å². The van der Waals surface area contributed by atoms with Crippen LogP contribution in [0.5, 0.6) is 0 Å². The van der Waals surface area contributed by atoms with Gasteiger partial charge in [0.05, 0.1) is 0 Å². The molecule has 0 radical (unpaired) electrons. The summed E-state index contributed by atoms with van der Waals surface area (Å²) in [5.41, 5.74) is 8.83. The second-order valence-electron chi connectivity index (χ2n) is 3.03. The van der Waals surface area contributed by atoms with Gasteiger partial charge in [0.2, 0.25) is 0 Å². The van der Waals surface area contributed by atoms with Gasteiger partial charge in [-0.2, -0.15) is 0 Å². The van der Waals surface area contributed by atoms with Gasteiger partial charge in [-0.15, -0.1) is 0 Å². The van der Waals surface area contributed by atoms with Crippen LogP contribution in [0.4, 0.5) is 4.39 Å². The molecule has 2 rings (SSSR count). The molecule has 0 unspecified atom stereocenters. The highest BCUT2D eigenvalue weighted by Gasteiger charge is 2.11. The molecule has 1 aromatic rings. The standard InChI is InChI=1S/C10H10FN/c11-10-2-1-8-3-7(6-12)4-9(8)5-10/h1-3,5H,4,6,12H2. The quantitative estimate of drug-likeness (QED) is 0.670. The zero-order valence-corrected chi connectivity index (χ0v) is 6.68. The summed E-state index contributed by atoms with van der Waals surface area (Å²) in [7, 11) is 0. The molecule has 0 amide bonds. The van der Waals surface area contributed by atoms with Gasteiger partial charge >= 0.3 is 0 Å². The van der Waals surface area contributed by atoms with Crippen LogP contribution in [0.2, 0.25) is 0 Å². The van der Waals surface area contributed by atoms with E-state index < -0.39 is 0 Å². The summed E-state index contributed by atoms with van der Waals surface area (Å²) in [5, 5.41) is 0. The van der Waals surface area contributed by atoms with Crippen molar-refractivity contribution in [2.24, 2.45) is 5.73 Å². The van der Waals surface area contributed by atoms with Gasteiger partial charge in [0.15, 0.2) is 0 Å². The Morgan fingerprint density at radius 3 is 3.00 bits per heavy atom. The summed E-state index contributed by atoms with van der Waals surface area (Å²) in [6, 6.07) is 4.86. The van der Waals surface area contributed by atoms with E-state index in [2.05, 4.69) is 0 Å². The average Bonchev–Trinajstić information content (AvgIpc) is 2.46. The van der Waals surface area contributed by atoms with E-state index in [-0.39, 0.29) is 5.82 Å². The van der Waals surface area contributed by atoms with E-state index in [1.165, 1.54) is 11.6 Å². The molecule has 0 heterocycles. The summed E-state index contributed by atoms with van der Waals surface area (Å²) < 4.78 is 12.7. The molecule has 2 N–H and O–H groups in total. The van der Waals surface area contributed by atoms with Crippen LogP contribution in [0.1, 0.15) is 11.1 Å². The third kappa shape index (κ3) is 1.14. The van der Waals surface area contributed by atoms with Crippen molar-refractivity contribution >= 4 is 6.08 Å². The van der Waals surface area contributed by atoms with Gasteiger partial charge in [-0.1, -0.05) is 17.7 Å². The van der Waals surface area contributed by atoms with Crippen molar-refractivity contribution in [2.45, 2.75) is 6.42 Å². The second kappa shape index (κ2) is 2.72. The lowest BCUT2D eigenvalue weighted by Crippen LogP contribution is -2.02. The predicted octanol–water partition coefficient (Wildman–Crippen LogP) is 1.72. The molecule has 1 aromatic carbocycles. The van der Waals surface area contributed by atoms with Gasteiger partial charge in [0, 0.05) is 6.54 Å². The van der Waals surface area contributed by atoms with E-state index >= 15 is 0 Å². The molecule has 0 spiro atoms. The summed E-state index contributed by atoms with van der Waals surface area (Å²) in [5.74, 6) is -0.166. The molecule has 0 fully saturated rings. The Kier molecular flexibility index (Phi) is 1.70. The minimum Gasteiger partial charge on any atom is -0.327 e. The molecule has 1 aliphatic rings. The van der Waals surface area contributed by atoms with Gasteiger partial charge in [-0.25, -0.2) is 4.39 Å². The zero-order chi connectivity index (χ0) is 8.55. The van der Waals surface area contributed by atoms with Gasteiger partial charge in [-0.05, 0) is 29.7 Å². The van der Waals surface area contributed by atoms with E-state index in [4.69, 9.17) is 5.73 Å². The number of fused-ring (bicyclic) bond motifs is 1. The molecule has 0 saturated heterocycles. The minimum absolute atomic E-state index is 0.166. The predicted molar refractivity (Wildman–Crippen MR) is 47.1 cm³/mol. The largest absolute Gasteiger partial charge is 0.327 e. The third-order valence-electron chi connectivity index (χ3n) is 2.14. The Balaban J connectivity index is 2.40. The molecular weight excluding hydrogens is 153 g/mol. The van der Waals surface area contributed by atoms with Gasteiger partial charge in [0.25, 0.3) is 0 Å². The molecule has 12 heavy (non-hydrogen) atoms. The zero-order valence-electron chi connectivity index (χ0n) is 6.68. The Morgan fingerprint density at radius 2 is 2.25 bits per heavy atom. The average molecular weight is 163 g/mol. The van der Waals surface area contributed by atoms with Crippen LogP contribution in [-0.4, -0.2) is 6.54 Å². The van der Waals surface area contributed by atoms with E-state index in [1.54, 1.807) is 12.1 Å². The first-order valence-corrected chi connectivity index (χ1v) is 3.97. The van der Waals surface area contributed by atoms with Crippen LogP contribution >= 0.6 is 0 Å². The summed E-state index contributed by atoms with van der Waals surface area (Å²) >= 11 is 0. The number of hydrogen-bond acceptors (Lipinski definition) is 1. The highest BCUT2D eigenvalue weighted by atomic mass is 19.1. The van der Waals surface area contributed by atoms with E-state index in [0.717, 1.165) is 17.5 Å². The third-order valence-corrected chi connectivity index (χ3v) is 2.14. The summed E-state index contributed by atoms with van der Waals surface area (Å²) in [4.78, 5) is 0. The molecule has 62 valence electrons. The summed E-state index contributed by atoms with van der Waals surface area (Å²) in [6.45, 7) is 0.566. The van der Waals surface area contributed by atoms with Crippen molar-refractivity contribution < 1.29 is 4.39 Å². The first kappa shape index (κ1) is 7.50. The van der Waals surface area contributed by atoms with Gasteiger partial charge in [0.1, 0.15) is 5.82 Å². The van der Waals surface area contributed by atoms with E-state index in [1.807, 2.05) is 6.08 Å². The van der Waals surface area contributed by atoms with Crippen molar-refractivity contribution in [3.05, 3.63) is 40.7 Å². The highest BCUT2D eigenvalue weighted by molar-refractivity contribution is 5.63. The molecule has 0 atom stereocenters. The minimum atomic E-state index is -0.166. The van der Waals surface area contributed by atoms with Crippen LogP contribution < -0.4 is 5.73 Å². The van der Waals surface area contributed by atoms with Crippen LogP contribution in [0, 0.1) is 5.82 Å². The fourth-order valence-corrected chi connectivity index (χ4v) is 1.51. The number of rotatable bonds is 1. The topological polar surface area (TPSA) is 26.0 Å². The van der Waals surface area contributed by atoms with Gasteiger partial charge in [-0.3, -0.25) is 0 Å². The molecular formula is C10H10FN. The second-order valence-corrected chi connectivity index (χ2v) is 3.03. The molecule has 0 saturated carbocycles. The van der Waals surface area contributed by atoms with Crippen LogP contribution in [0.25, 0.3) is 6.08 Å². The number of halogens is 1. The smallest absolute Gasteiger partial charge is 0.123 e. The van der Waals surface area contributed by atoms with Crippen molar-refractivity contribution in [3.63, 3.8) is 0 Å². The van der Waals surface area contributed by atoms with Gasteiger partial charge < -0.3 is 5.73 Å². The highest BCUT2D eigenvalue weighted by Crippen LogP contribution is 2.24. The lowest BCUT2D eigenvalue weighted by Gasteiger charge is -1.97. The number of benzene rings is 1. The Bertz CT molecular complexity index is 342. The Labute approximate surface area is 70.7 Å². The normalized spacial score (nSPS) is 14.3. The maximum absolute atomic E-state index is 12.7. The van der Waals surface area contributed by atoms with Crippen LogP contribution in [0.15, 0.2) is 23.8 Å². The molecule has 0 bridgehead atoms. The van der Waals surface area contributed by atoms with Crippen LogP contribution in [0.3, 0.4) is 0 Å². The van der Waals surface area contributed by atoms with E-state index in [9.17, 15) is 4.39 Å². The van der Waals surface area contributed by atoms with Crippen LogP contribution in [-0.2, 0) is 6.42 Å². The Morgan fingerprint density at radius 1 is 1.42 bits per heavy atom. The lowest BCUT2D eigenvalue weighted by atomic mass is 10.1. The molecule has 1 nitrogen and oxygen atoms in total. The molecule has 0 aromatic heterocycles. The molecule has 0 aliphatic heterocycles. The van der Waals surface area contributed by atoms with Crippen molar-refractivity contribution in [2.75, 3.05) is 6.54 Å². The number of nitrogens with two attached hydrogens (primary N) is 1. The van der Waals surface area contributed by atoms with E-state index in [0.29, 0.717) is 6.54 Å². The lowest BCUT2D eigenvalue weighted by molar-refractivity contribution is 0.626. The molecule has 2 heteroatoms. The maximum Gasteiger partial charge on any atom is 0.123 e. The fraction of sp³-hybridized carbons (Fsp3) is 0.200. The monoisotopic (exact) mass is 163 g/mol. The fourth-order valence-electron chi connectivity index (χ4n) is 1.51. The summed E-state index contributed by atoms with van der Waals surface area (Å²) in [6.07, 6.45) is 2.85.